The number of aliphatic hydroxyl groups is 1. The van der Waals surface area contributed by atoms with Crippen molar-refractivity contribution in [2.75, 3.05) is 0 Å². The van der Waals surface area contributed by atoms with Gasteiger partial charge in [0.2, 0.25) is 0 Å². The van der Waals surface area contributed by atoms with Crippen molar-refractivity contribution in [3.63, 3.8) is 0 Å². The molecule has 0 aliphatic heterocycles. The lowest BCUT2D eigenvalue weighted by Crippen LogP contribution is -2.12. The summed E-state index contributed by atoms with van der Waals surface area (Å²) in [4.78, 5) is 0. The van der Waals surface area contributed by atoms with E-state index in [4.69, 9.17) is 0 Å². The summed E-state index contributed by atoms with van der Waals surface area (Å²) in [5, 5.41) is 9.26. The molecule has 0 amide bonds. The van der Waals surface area contributed by atoms with Gasteiger partial charge in [-0.3, -0.25) is 0 Å². The van der Waals surface area contributed by atoms with E-state index in [0.29, 0.717) is 5.92 Å². The molecule has 0 aliphatic carbocycles. The molecule has 0 saturated heterocycles. The summed E-state index contributed by atoms with van der Waals surface area (Å²) in [6, 6.07) is 0. The Hall–Kier alpha value is -0.300. The first-order valence-electron chi connectivity index (χ1n) is 4.57. The SMILES string of the molecule is CCC/C=C/C(CC)C(C)O. The standard InChI is InChI=1S/C10H20O/c1-4-6-7-8-10(5-2)9(3)11/h7-11H,4-6H2,1-3H3/b8-7+. The second kappa shape index (κ2) is 6.41. The van der Waals surface area contributed by atoms with Crippen molar-refractivity contribution in [3.8, 4) is 0 Å². The highest BCUT2D eigenvalue weighted by Crippen LogP contribution is 2.10. The zero-order valence-electron chi connectivity index (χ0n) is 7.88. The van der Waals surface area contributed by atoms with Gasteiger partial charge in [-0.05, 0) is 19.8 Å². The molecular weight excluding hydrogens is 136 g/mol. The Kier molecular flexibility index (Phi) is 6.24. The maximum Gasteiger partial charge on any atom is 0.0574 e. The average Bonchev–Trinajstić information content (AvgIpc) is 1.97. The van der Waals surface area contributed by atoms with Crippen molar-refractivity contribution in [3.05, 3.63) is 12.2 Å². The third-order valence-corrected chi connectivity index (χ3v) is 1.93. The molecule has 1 heteroatoms. The third-order valence-electron chi connectivity index (χ3n) is 1.93. The summed E-state index contributed by atoms with van der Waals surface area (Å²) in [6.45, 7) is 6.12. The van der Waals surface area contributed by atoms with Crippen LogP contribution in [-0.2, 0) is 0 Å². The lowest BCUT2D eigenvalue weighted by Gasteiger charge is -2.12. The van der Waals surface area contributed by atoms with E-state index in [1.165, 1.54) is 6.42 Å². The van der Waals surface area contributed by atoms with Gasteiger partial charge < -0.3 is 5.11 Å². The van der Waals surface area contributed by atoms with E-state index in [1.54, 1.807) is 0 Å². The van der Waals surface area contributed by atoms with Crippen LogP contribution in [0.4, 0.5) is 0 Å². The van der Waals surface area contributed by atoms with Crippen LogP contribution in [0.3, 0.4) is 0 Å². The first kappa shape index (κ1) is 10.7. The van der Waals surface area contributed by atoms with Crippen molar-refractivity contribution in [1.29, 1.82) is 0 Å². The number of allylic oxidation sites excluding steroid dienone is 1. The summed E-state index contributed by atoms with van der Waals surface area (Å²) in [6.07, 6.45) is 7.44. The third kappa shape index (κ3) is 5.02. The highest BCUT2D eigenvalue weighted by molar-refractivity contribution is 4.89. The fourth-order valence-corrected chi connectivity index (χ4v) is 1.08. The van der Waals surface area contributed by atoms with E-state index in [0.717, 1.165) is 12.8 Å². The highest BCUT2D eigenvalue weighted by Gasteiger charge is 2.07. The molecule has 0 fully saturated rings. The molecule has 66 valence electrons. The molecule has 0 aromatic carbocycles. The Labute approximate surface area is 70.1 Å². The summed E-state index contributed by atoms with van der Waals surface area (Å²) in [7, 11) is 0. The minimum atomic E-state index is -0.201. The predicted octanol–water partition coefficient (Wildman–Crippen LogP) is 2.75. The van der Waals surface area contributed by atoms with Crippen LogP contribution in [0.25, 0.3) is 0 Å². The summed E-state index contributed by atoms with van der Waals surface area (Å²) >= 11 is 0. The van der Waals surface area contributed by atoms with E-state index < -0.39 is 0 Å². The second-order valence-electron chi connectivity index (χ2n) is 3.03. The Bertz CT molecular complexity index is 105. The number of aliphatic hydroxyl groups excluding tert-OH is 1. The molecule has 2 unspecified atom stereocenters. The number of rotatable bonds is 5. The van der Waals surface area contributed by atoms with Gasteiger partial charge in [-0.2, -0.15) is 0 Å². The van der Waals surface area contributed by atoms with Crippen LogP contribution in [0.2, 0.25) is 0 Å². The van der Waals surface area contributed by atoms with Gasteiger partial charge in [0, 0.05) is 5.92 Å². The maximum absolute atomic E-state index is 9.26. The lowest BCUT2D eigenvalue weighted by molar-refractivity contribution is 0.147. The van der Waals surface area contributed by atoms with E-state index in [-0.39, 0.29) is 6.10 Å². The Morgan fingerprint density at radius 1 is 1.36 bits per heavy atom. The zero-order valence-corrected chi connectivity index (χ0v) is 7.88. The fourth-order valence-electron chi connectivity index (χ4n) is 1.08. The molecule has 1 nitrogen and oxygen atoms in total. The minimum Gasteiger partial charge on any atom is -0.393 e. The van der Waals surface area contributed by atoms with Gasteiger partial charge in [0.25, 0.3) is 0 Å². The molecule has 0 saturated carbocycles. The smallest absolute Gasteiger partial charge is 0.0574 e. The largest absolute Gasteiger partial charge is 0.393 e. The normalized spacial score (nSPS) is 17.1. The minimum absolute atomic E-state index is 0.201. The van der Waals surface area contributed by atoms with Crippen molar-refractivity contribution in [2.24, 2.45) is 5.92 Å². The molecule has 0 heterocycles. The van der Waals surface area contributed by atoms with Gasteiger partial charge in [0.1, 0.15) is 0 Å². The molecule has 11 heavy (non-hydrogen) atoms. The van der Waals surface area contributed by atoms with Crippen molar-refractivity contribution < 1.29 is 5.11 Å². The first-order chi connectivity index (χ1) is 5.22. The quantitative estimate of drug-likeness (QED) is 0.607. The average molecular weight is 156 g/mol. The number of hydrogen-bond donors (Lipinski definition) is 1. The first-order valence-corrected chi connectivity index (χ1v) is 4.57. The van der Waals surface area contributed by atoms with Crippen molar-refractivity contribution in [2.45, 2.75) is 46.1 Å². The summed E-state index contributed by atoms with van der Waals surface area (Å²) in [5.74, 6) is 0.349. The van der Waals surface area contributed by atoms with E-state index in [9.17, 15) is 5.11 Å². The molecule has 0 aliphatic rings. The Morgan fingerprint density at radius 3 is 2.36 bits per heavy atom. The van der Waals surface area contributed by atoms with E-state index >= 15 is 0 Å². The van der Waals surface area contributed by atoms with Crippen LogP contribution >= 0.6 is 0 Å². The molecule has 2 atom stereocenters. The van der Waals surface area contributed by atoms with Gasteiger partial charge in [-0.25, -0.2) is 0 Å². The molecule has 0 aromatic heterocycles. The van der Waals surface area contributed by atoms with E-state index in [1.807, 2.05) is 6.92 Å². The van der Waals surface area contributed by atoms with Crippen LogP contribution in [0.1, 0.15) is 40.0 Å². The van der Waals surface area contributed by atoms with Gasteiger partial charge in [-0.15, -0.1) is 0 Å². The monoisotopic (exact) mass is 156 g/mol. The maximum atomic E-state index is 9.26. The molecule has 1 N–H and O–H groups in total. The van der Waals surface area contributed by atoms with Gasteiger partial charge in [0.05, 0.1) is 6.10 Å². The highest BCUT2D eigenvalue weighted by atomic mass is 16.3. The summed E-state index contributed by atoms with van der Waals surface area (Å²) < 4.78 is 0. The molecule has 0 radical (unpaired) electrons. The van der Waals surface area contributed by atoms with Gasteiger partial charge >= 0.3 is 0 Å². The molecular formula is C10H20O. The molecule has 0 bridgehead atoms. The van der Waals surface area contributed by atoms with Crippen molar-refractivity contribution in [1.82, 2.24) is 0 Å². The second-order valence-corrected chi connectivity index (χ2v) is 3.03. The molecule has 0 aromatic rings. The predicted molar refractivity (Wildman–Crippen MR) is 49.5 cm³/mol. The summed E-state index contributed by atoms with van der Waals surface area (Å²) in [5.41, 5.74) is 0. The number of unbranched alkanes of at least 4 members (excludes halogenated alkanes) is 1. The van der Waals surface area contributed by atoms with Crippen LogP contribution in [0.5, 0.6) is 0 Å². The van der Waals surface area contributed by atoms with Gasteiger partial charge in [-0.1, -0.05) is 32.4 Å². The van der Waals surface area contributed by atoms with Crippen molar-refractivity contribution >= 4 is 0 Å². The molecule has 0 spiro atoms. The fraction of sp³-hybridized carbons (Fsp3) is 0.800. The Balaban J connectivity index is 3.67. The van der Waals surface area contributed by atoms with E-state index in [2.05, 4.69) is 26.0 Å². The van der Waals surface area contributed by atoms with Crippen LogP contribution in [0, 0.1) is 5.92 Å². The topological polar surface area (TPSA) is 20.2 Å². The van der Waals surface area contributed by atoms with Crippen LogP contribution < -0.4 is 0 Å². The van der Waals surface area contributed by atoms with Crippen LogP contribution in [0.15, 0.2) is 12.2 Å². The van der Waals surface area contributed by atoms with Gasteiger partial charge in [0.15, 0.2) is 0 Å². The Morgan fingerprint density at radius 2 is 2.00 bits per heavy atom. The number of hydrogen-bond acceptors (Lipinski definition) is 1. The van der Waals surface area contributed by atoms with Crippen LogP contribution in [-0.4, -0.2) is 11.2 Å². The zero-order chi connectivity index (χ0) is 8.69. The lowest BCUT2D eigenvalue weighted by atomic mass is 10.00. The molecule has 0 rings (SSSR count).